The fourth-order valence-corrected chi connectivity index (χ4v) is 1.42. The van der Waals surface area contributed by atoms with Gasteiger partial charge in [-0.3, -0.25) is 0 Å². The Morgan fingerprint density at radius 3 is 2.56 bits per heavy atom. The molecule has 1 aromatic carbocycles. The third-order valence-electron chi connectivity index (χ3n) is 2.49. The van der Waals surface area contributed by atoms with Crippen molar-refractivity contribution in [3.05, 3.63) is 18.2 Å². The summed E-state index contributed by atoms with van der Waals surface area (Å²) in [5.41, 5.74) is 1.06. The van der Waals surface area contributed by atoms with E-state index in [0.717, 1.165) is 23.6 Å². The number of anilines is 1. The molecule has 3 heteroatoms. The van der Waals surface area contributed by atoms with Crippen LogP contribution in [0.25, 0.3) is 0 Å². The van der Waals surface area contributed by atoms with Crippen LogP contribution in [-0.2, 0) is 0 Å². The number of benzene rings is 1. The van der Waals surface area contributed by atoms with E-state index in [0.29, 0.717) is 12.6 Å². The molecule has 0 aliphatic rings. The summed E-state index contributed by atoms with van der Waals surface area (Å²) in [6.07, 6.45) is 1.09. The van der Waals surface area contributed by atoms with Crippen LogP contribution in [-0.4, -0.2) is 19.8 Å². The molecule has 0 radical (unpaired) electrons. The zero-order valence-corrected chi connectivity index (χ0v) is 10.5. The maximum Gasteiger partial charge on any atom is 0.162 e. The van der Waals surface area contributed by atoms with E-state index in [9.17, 15) is 0 Å². The minimum Gasteiger partial charge on any atom is -0.493 e. The van der Waals surface area contributed by atoms with E-state index in [1.165, 1.54) is 0 Å². The van der Waals surface area contributed by atoms with Crippen LogP contribution < -0.4 is 14.8 Å². The largest absolute Gasteiger partial charge is 0.493 e. The molecule has 0 bridgehead atoms. The summed E-state index contributed by atoms with van der Waals surface area (Å²) in [5.74, 6) is 1.56. The van der Waals surface area contributed by atoms with E-state index in [2.05, 4.69) is 19.2 Å². The van der Waals surface area contributed by atoms with Gasteiger partial charge in [-0.25, -0.2) is 0 Å². The molecule has 0 saturated carbocycles. The van der Waals surface area contributed by atoms with Crippen molar-refractivity contribution in [3.8, 4) is 11.5 Å². The molecular formula is C13H21NO2. The monoisotopic (exact) mass is 223 g/mol. The van der Waals surface area contributed by atoms with Crippen molar-refractivity contribution < 1.29 is 9.47 Å². The van der Waals surface area contributed by atoms with Gasteiger partial charge in [-0.05, 0) is 32.4 Å². The van der Waals surface area contributed by atoms with Crippen molar-refractivity contribution in [1.29, 1.82) is 0 Å². The standard InChI is InChI=1S/C13H21NO2/c1-5-10(3)14-11-7-8-12(16-6-2)13(9-11)15-4/h7-10,14H,5-6H2,1-4H3. The molecule has 0 amide bonds. The minimum absolute atomic E-state index is 0.461. The lowest BCUT2D eigenvalue weighted by Gasteiger charge is -2.15. The summed E-state index contributed by atoms with van der Waals surface area (Å²) in [6, 6.07) is 6.38. The molecule has 16 heavy (non-hydrogen) atoms. The summed E-state index contributed by atoms with van der Waals surface area (Å²) >= 11 is 0. The molecule has 1 aromatic rings. The second kappa shape index (κ2) is 6.26. The molecule has 0 spiro atoms. The van der Waals surface area contributed by atoms with Gasteiger partial charge in [0.1, 0.15) is 0 Å². The molecule has 1 N–H and O–H groups in total. The van der Waals surface area contributed by atoms with Gasteiger partial charge in [-0.1, -0.05) is 6.92 Å². The summed E-state index contributed by atoms with van der Waals surface area (Å²) in [4.78, 5) is 0. The molecule has 1 unspecified atom stereocenters. The van der Waals surface area contributed by atoms with Crippen LogP contribution in [0.4, 0.5) is 5.69 Å². The predicted molar refractivity (Wildman–Crippen MR) is 67.5 cm³/mol. The summed E-state index contributed by atoms with van der Waals surface area (Å²) in [7, 11) is 1.66. The Labute approximate surface area is 97.8 Å². The zero-order valence-electron chi connectivity index (χ0n) is 10.5. The van der Waals surface area contributed by atoms with Crippen molar-refractivity contribution in [3.63, 3.8) is 0 Å². The highest BCUT2D eigenvalue weighted by Crippen LogP contribution is 2.30. The fourth-order valence-electron chi connectivity index (χ4n) is 1.42. The average Bonchev–Trinajstić information content (AvgIpc) is 2.31. The number of methoxy groups -OCH3 is 1. The van der Waals surface area contributed by atoms with Gasteiger partial charge in [-0.2, -0.15) is 0 Å². The Morgan fingerprint density at radius 2 is 2.00 bits per heavy atom. The van der Waals surface area contributed by atoms with Crippen LogP contribution in [0.1, 0.15) is 27.2 Å². The van der Waals surface area contributed by atoms with Crippen LogP contribution in [0.15, 0.2) is 18.2 Å². The number of rotatable bonds is 6. The highest BCUT2D eigenvalue weighted by Gasteiger charge is 2.06. The Hall–Kier alpha value is -1.38. The normalized spacial score (nSPS) is 12.0. The molecule has 0 fully saturated rings. The third kappa shape index (κ3) is 3.33. The molecule has 0 saturated heterocycles. The molecule has 0 aromatic heterocycles. The Balaban J connectivity index is 2.81. The van der Waals surface area contributed by atoms with E-state index < -0.39 is 0 Å². The highest BCUT2D eigenvalue weighted by molar-refractivity contribution is 5.55. The highest BCUT2D eigenvalue weighted by atomic mass is 16.5. The lowest BCUT2D eigenvalue weighted by atomic mass is 10.2. The number of ether oxygens (including phenoxy) is 2. The Bertz CT molecular complexity index is 326. The topological polar surface area (TPSA) is 30.5 Å². The second-order valence-corrected chi connectivity index (χ2v) is 3.75. The van der Waals surface area contributed by atoms with Crippen LogP contribution in [0, 0.1) is 0 Å². The first kappa shape index (κ1) is 12.7. The molecule has 1 rings (SSSR count). The minimum atomic E-state index is 0.461. The number of hydrogen-bond donors (Lipinski definition) is 1. The third-order valence-corrected chi connectivity index (χ3v) is 2.49. The molecule has 0 aliphatic heterocycles. The first-order valence-electron chi connectivity index (χ1n) is 5.78. The number of nitrogens with one attached hydrogen (secondary N) is 1. The molecule has 0 aliphatic carbocycles. The van der Waals surface area contributed by atoms with Gasteiger partial charge in [0.15, 0.2) is 11.5 Å². The van der Waals surface area contributed by atoms with E-state index in [4.69, 9.17) is 9.47 Å². The predicted octanol–water partition coefficient (Wildman–Crippen LogP) is 3.30. The van der Waals surface area contributed by atoms with Crippen molar-refractivity contribution in [1.82, 2.24) is 0 Å². The van der Waals surface area contributed by atoms with Gasteiger partial charge in [-0.15, -0.1) is 0 Å². The smallest absolute Gasteiger partial charge is 0.162 e. The van der Waals surface area contributed by atoms with Crippen molar-refractivity contribution in [2.75, 3.05) is 19.0 Å². The average molecular weight is 223 g/mol. The van der Waals surface area contributed by atoms with Crippen molar-refractivity contribution in [2.24, 2.45) is 0 Å². The Kier molecular flexibility index (Phi) is 4.96. The van der Waals surface area contributed by atoms with Gasteiger partial charge < -0.3 is 14.8 Å². The van der Waals surface area contributed by atoms with Gasteiger partial charge in [0.05, 0.1) is 13.7 Å². The van der Waals surface area contributed by atoms with Gasteiger partial charge in [0.2, 0.25) is 0 Å². The van der Waals surface area contributed by atoms with Crippen LogP contribution in [0.5, 0.6) is 11.5 Å². The van der Waals surface area contributed by atoms with Crippen LogP contribution in [0.3, 0.4) is 0 Å². The molecule has 0 heterocycles. The Morgan fingerprint density at radius 1 is 1.25 bits per heavy atom. The molecular weight excluding hydrogens is 202 g/mol. The van der Waals surface area contributed by atoms with E-state index in [1.54, 1.807) is 7.11 Å². The first-order valence-corrected chi connectivity index (χ1v) is 5.78. The van der Waals surface area contributed by atoms with Crippen molar-refractivity contribution in [2.45, 2.75) is 33.2 Å². The summed E-state index contributed by atoms with van der Waals surface area (Å²) < 4.78 is 10.8. The van der Waals surface area contributed by atoms with Crippen LogP contribution in [0.2, 0.25) is 0 Å². The van der Waals surface area contributed by atoms with E-state index in [1.807, 2.05) is 25.1 Å². The fraction of sp³-hybridized carbons (Fsp3) is 0.538. The second-order valence-electron chi connectivity index (χ2n) is 3.75. The van der Waals surface area contributed by atoms with Gasteiger partial charge in [0.25, 0.3) is 0 Å². The van der Waals surface area contributed by atoms with E-state index >= 15 is 0 Å². The van der Waals surface area contributed by atoms with Crippen LogP contribution >= 0.6 is 0 Å². The van der Waals surface area contributed by atoms with E-state index in [-0.39, 0.29) is 0 Å². The number of hydrogen-bond acceptors (Lipinski definition) is 3. The summed E-state index contributed by atoms with van der Waals surface area (Å²) in [5, 5.41) is 3.40. The van der Waals surface area contributed by atoms with Crippen molar-refractivity contribution >= 4 is 5.69 Å². The maximum absolute atomic E-state index is 5.46. The SMILES string of the molecule is CCOc1ccc(NC(C)CC)cc1OC. The lowest BCUT2D eigenvalue weighted by Crippen LogP contribution is -2.13. The van der Waals surface area contributed by atoms with Gasteiger partial charge >= 0.3 is 0 Å². The zero-order chi connectivity index (χ0) is 12.0. The van der Waals surface area contributed by atoms with Gasteiger partial charge in [0, 0.05) is 17.8 Å². The maximum atomic E-state index is 5.46. The quantitative estimate of drug-likeness (QED) is 0.802. The summed E-state index contributed by atoms with van der Waals surface area (Å²) in [6.45, 7) is 6.92. The first-order chi connectivity index (χ1) is 7.71. The molecule has 90 valence electrons. The lowest BCUT2D eigenvalue weighted by molar-refractivity contribution is 0.311. The molecule has 1 atom stereocenters. The molecule has 3 nitrogen and oxygen atoms in total.